The Morgan fingerprint density at radius 3 is 2.27 bits per heavy atom. The number of benzene rings is 2. The molecule has 212 valence electrons. The minimum absolute atomic E-state index is 0.195. The number of nitrogens with one attached hydrogen (secondary N) is 1. The van der Waals surface area contributed by atoms with Gasteiger partial charge in [0.05, 0.1) is 12.0 Å². The van der Waals surface area contributed by atoms with Gasteiger partial charge in [-0.2, -0.15) is 4.31 Å². The van der Waals surface area contributed by atoms with Crippen LogP contribution in [0, 0.1) is 6.92 Å². The van der Waals surface area contributed by atoms with Gasteiger partial charge in [-0.1, -0.05) is 24.3 Å². The molecule has 0 atom stereocenters. The van der Waals surface area contributed by atoms with Crippen LogP contribution in [0.3, 0.4) is 0 Å². The summed E-state index contributed by atoms with van der Waals surface area (Å²) in [4.78, 5) is 22.8. The Morgan fingerprint density at radius 2 is 1.65 bits per heavy atom. The van der Waals surface area contributed by atoms with Gasteiger partial charge in [0.2, 0.25) is 16.0 Å². The van der Waals surface area contributed by atoms with Gasteiger partial charge < -0.3 is 19.7 Å². The zero-order valence-corrected chi connectivity index (χ0v) is 24.2. The lowest BCUT2D eigenvalue weighted by atomic mass is 10.2. The Bertz CT molecular complexity index is 1480. The highest BCUT2D eigenvalue weighted by molar-refractivity contribution is 7.89. The molecule has 11 heteroatoms. The third-order valence-corrected chi connectivity index (χ3v) is 8.10. The molecule has 4 rings (SSSR count). The maximum atomic E-state index is 13.3. The summed E-state index contributed by atoms with van der Waals surface area (Å²) >= 11 is 0. The van der Waals surface area contributed by atoms with E-state index in [2.05, 4.69) is 15.3 Å². The van der Waals surface area contributed by atoms with Crippen molar-refractivity contribution in [3.63, 3.8) is 0 Å². The second-order valence-corrected chi connectivity index (χ2v) is 12.4. The first-order valence-electron chi connectivity index (χ1n) is 12.9. The normalized spacial score (nSPS) is 14.8. The van der Waals surface area contributed by atoms with Crippen molar-refractivity contribution in [1.29, 1.82) is 0 Å². The first kappa shape index (κ1) is 29.0. The molecule has 1 aliphatic heterocycles. The Kier molecular flexibility index (Phi) is 8.75. The van der Waals surface area contributed by atoms with Crippen LogP contribution >= 0.6 is 0 Å². The number of aryl methyl sites for hydroxylation is 1. The maximum absolute atomic E-state index is 13.3. The smallest absolute Gasteiger partial charge is 0.410 e. The summed E-state index contributed by atoms with van der Waals surface area (Å²) < 4.78 is 38.6. The molecule has 0 aliphatic carbocycles. The van der Waals surface area contributed by atoms with Gasteiger partial charge in [-0.25, -0.2) is 23.2 Å². The maximum Gasteiger partial charge on any atom is 0.410 e. The van der Waals surface area contributed by atoms with Gasteiger partial charge in [0.1, 0.15) is 11.4 Å². The number of rotatable bonds is 7. The van der Waals surface area contributed by atoms with Gasteiger partial charge in [0, 0.05) is 49.8 Å². The summed E-state index contributed by atoms with van der Waals surface area (Å²) in [6, 6.07) is 12.6. The number of hydrogen-bond donors (Lipinski definition) is 1. The van der Waals surface area contributed by atoms with Crippen LogP contribution in [0.2, 0.25) is 0 Å². The average molecular weight is 566 g/mol. The Balaban J connectivity index is 1.37. The number of aromatic nitrogens is 2. The molecule has 0 unspecified atom stereocenters. The number of amides is 1. The molecule has 0 spiro atoms. The molecule has 3 aromatic rings. The molecule has 1 aromatic heterocycles. The zero-order chi connectivity index (χ0) is 28.9. The van der Waals surface area contributed by atoms with E-state index in [1.165, 1.54) is 9.21 Å². The number of methoxy groups -OCH3 is 1. The number of hydrogen-bond acceptors (Lipinski definition) is 8. The summed E-state index contributed by atoms with van der Waals surface area (Å²) in [6.45, 7) is 8.18. The Hall–Kier alpha value is -3.96. The number of carbonyl (C=O) groups excluding carboxylic acids is 1. The van der Waals surface area contributed by atoms with Gasteiger partial charge in [-0.05, 0) is 69.2 Å². The molecule has 1 aliphatic rings. The second-order valence-electron chi connectivity index (χ2n) is 10.4. The number of sulfonamides is 1. The molecule has 0 bridgehead atoms. The molecule has 1 amide bonds. The summed E-state index contributed by atoms with van der Waals surface area (Å²) in [5, 5.41) is 3.15. The molecule has 0 radical (unpaired) electrons. The van der Waals surface area contributed by atoms with E-state index in [1.54, 1.807) is 58.5 Å². The highest BCUT2D eigenvalue weighted by Gasteiger charge is 2.32. The van der Waals surface area contributed by atoms with Crippen molar-refractivity contribution in [1.82, 2.24) is 19.2 Å². The van der Waals surface area contributed by atoms with Crippen LogP contribution in [0.1, 0.15) is 37.5 Å². The third-order valence-electron chi connectivity index (χ3n) is 6.21. The first-order valence-corrected chi connectivity index (χ1v) is 14.4. The molecule has 0 saturated carbocycles. The van der Waals surface area contributed by atoms with Gasteiger partial charge in [-0.3, -0.25) is 0 Å². The van der Waals surface area contributed by atoms with E-state index >= 15 is 0 Å². The largest absolute Gasteiger partial charge is 0.497 e. The predicted molar refractivity (Wildman–Crippen MR) is 155 cm³/mol. The molecule has 1 saturated heterocycles. The lowest BCUT2D eigenvalue weighted by Crippen LogP contribution is -2.51. The number of nitrogens with zero attached hydrogens (tertiary/aromatic N) is 4. The lowest BCUT2D eigenvalue weighted by molar-refractivity contribution is 0.0192. The van der Waals surface area contributed by atoms with E-state index in [9.17, 15) is 13.2 Å². The van der Waals surface area contributed by atoms with E-state index in [4.69, 9.17) is 9.47 Å². The van der Waals surface area contributed by atoms with Crippen LogP contribution in [0.25, 0.3) is 12.2 Å². The molecular weight excluding hydrogens is 530 g/mol. The number of ether oxygens (including phenoxy) is 2. The van der Waals surface area contributed by atoms with Gasteiger partial charge in [-0.15, -0.1) is 0 Å². The van der Waals surface area contributed by atoms with Gasteiger partial charge in [0.15, 0.2) is 0 Å². The van der Waals surface area contributed by atoms with Crippen molar-refractivity contribution in [2.45, 2.75) is 38.2 Å². The van der Waals surface area contributed by atoms with Crippen molar-refractivity contribution in [3.05, 3.63) is 71.5 Å². The molecule has 1 N–H and O–H groups in total. The first-order chi connectivity index (χ1) is 18.9. The minimum Gasteiger partial charge on any atom is -0.497 e. The van der Waals surface area contributed by atoms with Crippen molar-refractivity contribution >= 4 is 39.9 Å². The fourth-order valence-electron chi connectivity index (χ4n) is 4.07. The topological polar surface area (TPSA) is 114 Å². The number of anilines is 2. The Labute approximate surface area is 235 Å². The minimum atomic E-state index is -3.72. The van der Waals surface area contributed by atoms with E-state index in [1.807, 2.05) is 43.3 Å². The summed E-state index contributed by atoms with van der Waals surface area (Å²) in [7, 11) is -2.09. The van der Waals surface area contributed by atoms with Crippen LogP contribution in [-0.2, 0) is 14.8 Å². The molecular formula is C29H35N5O5S. The SMILES string of the molecule is COc1cccc(/C=C/c2cnc(Nc3ccc(S(=O)(=O)N4CCN(C(=O)OC(C)(C)C)CC4)cc3C)nc2)c1. The number of carbonyl (C=O) groups is 1. The fraction of sp³-hybridized carbons (Fsp3) is 0.345. The van der Waals surface area contributed by atoms with Crippen LogP contribution in [-0.4, -0.2) is 72.6 Å². The van der Waals surface area contributed by atoms with Crippen molar-refractivity contribution in [2.24, 2.45) is 0 Å². The fourth-order valence-corrected chi connectivity index (χ4v) is 5.58. The highest BCUT2D eigenvalue weighted by atomic mass is 32.2. The zero-order valence-electron chi connectivity index (χ0n) is 23.4. The molecule has 2 heterocycles. The standard InChI is InChI=1S/C29H35N5O5S/c1-21-17-25(40(36,37)34-15-13-33(14-16-34)28(35)39-29(2,3)4)11-12-26(21)32-27-30-19-23(20-31-27)10-9-22-7-6-8-24(18-22)38-5/h6-12,17-20H,13-16H2,1-5H3,(H,30,31,32)/b10-9+. The monoisotopic (exact) mass is 565 g/mol. The van der Waals surface area contributed by atoms with Crippen LogP contribution in [0.15, 0.2) is 59.8 Å². The van der Waals surface area contributed by atoms with Crippen LogP contribution in [0.4, 0.5) is 16.4 Å². The van der Waals surface area contributed by atoms with E-state index in [0.717, 1.165) is 22.4 Å². The quantitative estimate of drug-likeness (QED) is 0.428. The molecule has 40 heavy (non-hydrogen) atoms. The highest BCUT2D eigenvalue weighted by Crippen LogP contribution is 2.25. The second kappa shape index (κ2) is 12.1. The third kappa shape index (κ3) is 7.36. The van der Waals surface area contributed by atoms with Crippen molar-refractivity contribution in [2.75, 3.05) is 38.6 Å². The van der Waals surface area contributed by atoms with E-state index in [0.29, 0.717) is 11.6 Å². The average Bonchev–Trinajstić information content (AvgIpc) is 2.93. The van der Waals surface area contributed by atoms with E-state index < -0.39 is 21.7 Å². The predicted octanol–water partition coefficient (Wildman–Crippen LogP) is 4.95. The van der Waals surface area contributed by atoms with Crippen LogP contribution in [0.5, 0.6) is 5.75 Å². The molecule has 1 fully saturated rings. The van der Waals surface area contributed by atoms with Crippen molar-refractivity contribution in [3.8, 4) is 5.75 Å². The van der Waals surface area contributed by atoms with Gasteiger partial charge >= 0.3 is 6.09 Å². The van der Waals surface area contributed by atoms with Gasteiger partial charge in [0.25, 0.3) is 0 Å². The number of piperazine rings is 1. The summed E-state index contributed by atoms with van der Waals surface area (Å²) in [5.74, 6) is 1.18. The van der Waals surface area contributed by atoms with E-state index in [-0.39, 0.29) is 31.1 Å². The Morgan fingerprint density at radius 1 is 0.975 bits per heavy atom. The summed E-state index contributed by atoms with van der Waals surface area (Å²) in [6.07, 6.45) is 6.85. The lowest BCUT2D eigenvalue weighted by Gasteiger charge is -2.35. The molecule has 2 aromatic carbocycles. The van der Waals surface area contributed by atoms with Crippen molar-refractivity contribution < 1.29 is 22.7 Å². The molecule has 10 nitrogen and oxygen atoms in total. The summed E-state index contributed by atoms with van der Waals surface area (Å²) in [5.41, 5.74) is 2.66. The van der Waals surface area contributed by atoms with Crippen LogP contribution < -0.4 is 10.1 Å².